The lowest BCUT2D eigenvalue weighted by molar-refractivity contribution is -0.137. The van der Waals surface area contributed by atoms with E-state index in [1.807, 2.05) is 68.8 Å². The summed E-state index contributed by atoms with van der Waals surface area (Å²) in [5.74, 6) is 0.00779. The summed E-state index contributed by atoms with van der Waals surface area (Å²) in [5, 5.41) is 3.01. The second-order valence-electron chi connectivity index (χ2n) is 9.86. The maximum Gasteiger partial charge on any atom is 0.317 e. The van der Waals surface area contributed by atoms with Gasteiger partial charge >= 0.3 is 6.03 Å². The fraction of sp³-hybridized carbons (Fsp3) is 0.500. The van der Waals surface area contributed by atoms with Crippen LogP contribution in [0.5, 0.6) is 0 Å². The number of hydrogen-bond donors (Lipinski definition) is 1. The molecule has 0 bridgehead atoms. The van der Waals surface area contributed by atoms with Crippen LogP contribution in [0.15, 0.2) is 42.6 Å². The molecule has 1 N–H and O–H groups in total. The van der Waals surface area contributed by atoms with Crippen LogP contribution in [0.25, 0.3) is 0 Å². The van der Waals surface area contributed by atoms with E-state index < -0.39 is 0 Å². The predicted molar refractivity (Wildman–Crippen MR) is 127 cm³/mol. The second-order valence-corrected chi connectivity index (χ2v) is 9.86. The maximum absolute atomic E-state index is 13.6. The summed E-state index contributed by atoms with van der Waals surface area (Å²) in [7, 11) is 1.88. The number of urea groups is 1. The van der Waals surface area contributed by atoms with Crippen molar-refractivity contribution in [2.24, 2.45) is 5.92 Å². The zero-order valence-corrected chi connectivity index (χ0v) is 20.2. The molecule has 6 heteroatoms. The first-order chi connectivity index (χ1) is 15.1. The van der Waals surface area contributed by atoms with Crippen LogP contribution in [0, 0.1) is 19.8 Å². The number of amides is 3. The van der Waals surface area contributed by atoms with Crippen molar-refractivity contribution in [2.45, 2.75) is 59.0 Å². The lowest BCUT2D eigenvalue weighted by Crippen LogP contribution is -2.52. The molecule has 1 atom stereocenters. The molecule has 0 saturated carbocycles. The Labute approximate surface area is 192 Å². The van der Waals surface area contributed by atoms with Crippen LogP contribution in [0.1, 0.15) is 62.0 Å². The van der Waals surface area contributed by atoms with Crippen LogP contribution < -0.4 is 5.32 Å². The van der Waals surface area contributed by atoms with E-state index in [0.29, 0.717) is 25.9 Å². The molecule has 1 unspecified atom stereocenters. The lowest BCUT2D eigenvalue weighted by Gasteiger charge is -2.37. The molecule has 1 aliphatic heterocycles. The van der Waals surface area contributed by atoms with Gasteiger partial charge in [-0.15, -0.1) is 0 Å². The van der Waals surface area contributed by atoms with E-state index in [4.69, 9.17) is 0 Å². The van der Waals surface area contributed by atoms with E-state index in [2.05, 4.69) is 29.4 Å². The normalized spacial score (nSPS) is 15.9. The van der Waals surface area contributed by atoms with E-state index in [1.165, 1.54) is 0 Å². The molecule has 172 valence electrons. The molecule has 1 aromatic heterocycles. The Kier molecular flexibility index (Phi) is 7.22. The first-order valence-corrected chi connectivity index (χ1v) is 11.4. The van der Waals surface area contributed by atoms with Gasteiger partial charge < -0.3 is 15.1 Å². The highest BCUT2D eigenvalue weighted by Gasteiger charge is 2.34. The Balaban J connectivity index is 1.78. The molecule has 0 spiro atoms. The quantitative estimate of drug-likeness (QED) is 0.769. The molecule has 2 heterocycles. The highest BCUT2D eigenvalue weighted by Crippen LogP contribution is 2.33. The summed E-state index contributed by atoms with van der Waals surface area (Å²) < 4.78 is 0. The van der Waals surface area contributed by atoms with Gasteiger partial charge in [-0.25, -0.2) is 4.79 Å². The molecule has 6 nitrogen and oxygen atoms in total. The van der Waals surface area contributed by atoms with Gasteiger partial charge in [0.2, 0.25) is 5.91 Å². The van der Waals surface area contributed by atoms with Crippen molar-refractivity contribution in [3.05, 3.63) is 65.0 Å². The second kappa shape index (κ2) is 9.72. The molecule has 3 amide bonds. The van der Waals surface area contributed by atoms with Crippen LogP contribution in [-0.4, -0.2) is 52.4 Å². The number of likely N-dealkylation sites (tertiary alicyclic amines) is 1. The molecule has 1 saturated heterocycles. The monoisotopic (exact) mass is 436 g/mol. The topological polar surface area (TPSA) is 65.5 Å². The Morgan fingerprint density at radius 1 is 1.06 bits per heavy atom. The number of benzene rings is 1. The highest BCUT2D eigenvalue weighted by molar-refractivity contribution is 5.80. The minimum Gasteiger partial charge on any atom is -0.333 e. The Morgan fingerprint density at radius 3 is 2.28 bits per heavy atom. The van der Waals surface area contributed by atoms with Gasteiger partial charge in [0.25, 0.3) is 0 Å². The number of nitrogens with zero attached hydrogens (tertiary/aromatic N) is 3. The Bertz CT molecular complexity index is 913. The van der Waals surface area contributed by atoms with Crippen molar-refractivity contribution in [1.29, 1.82) is 0 Å². The van der Waals surface area contributed by atoms with Crippen molar-refractivity contribution in [1.82, 2.24) is 20.1 Å². The third-order valence-electron chi connectivity index (χ3n) is 6.14. The minimum atomic E-state index is -0.273. The highest BCUT2D eigenvalue weighted by atomic mass is 16.2. The number of carbonyl (C=O) groups is 2. The van der Waals surface area contributed by atoms with E-state index in [0.717, 1.165) is 22.4 Å². The van der Waals surface area contributed by atoms with Gasteiger partial charge in [0.05, 0.1) is 11.7 Å². The summed E-state index contributed by atoms with van der Waals surface area (Å²) in [5.41, 5.74) is 3.92. The number of aromatic nitrogens is 1. The standard InChI is InChI=1S/C26H36N4O2/c1-18-10-7-8-12-21(18)23(22-19(2)11-9-15-27-22)29(6)24(31)20-13-16-30(17-14-20)25(32)28-26(3,4)5/h7-12,15,20,23H,13-14,16-17H2,1-6H3,(H,28,32). The number of aryl methyl sites for hydroxylation is 2. The smallest absolute Gasteiger partial charge is 0.317 e. The molecule has 1 aliphatic rings. The molecule has 1 aromatic carbocycles. The number of hydrogen-bond acceptors (Lipinski definition) is 3. The molecule has 1 fully saturated rings. The first-order valence-electron chi connectivity index (χ1n) is 11.4. The lowest BCUT2D eigenvalue weighted by atomic mass is 9.91. The first kappa shape index (κ1) is 23.8. The van der Waals surface area contributed by atoms with Crippen LogP contribution >= 0.6 is 0 Å². The molecule has 0 radical (unpaired) electrons. The summed E-state index contributed by atoms with van der Waals surface area (Å²) in [6.45, 7) is 11.2. The predicted octanol–water partition coefficient (Wildman–Crippen LogP) is 4.47. The third kappa shape index (κ3) is 5.47. The van der Waals surface area contributed by atoms with Crippen LogP contribution in [0.3, 0.4) is 0 Å². The number of rotatable bonds is 4. The SMILES string of the molecule is Cc1ccccc1C(c1ncccc1C)N(C)C(=O)C1CCN(C(=O)NC(C)(C)C)CC1. The van der Waals surface area contributed by atoms with Gasteiger partial charge in [-0.1, -0.05) is 30.3 Å². The van der Waals surface area contributed by atoms with Gasteiger partial charge in [-0.05, 0) is 70.2 Å². The van der Waals surface area contributed by atoms with Crippen molar-refractivity contribution < 1.29 is 9.59 Å². The summed E-state index contributed by atoms with van der Waals surface area (Å²) in [4.78, 5) is 34.4. The van der Waals surface area contributed by atoms with Crippen LogP contribution in [-0.2, 0) is 4.79 Å². The molecule has 2 aromatic rings. The Hall–Kier alpha value is -2.89. The third-order valence-corrected chi connectivity index (χ3v) is 6.14. The number of pyridine rings is 1. The van der Waals surface area contributed by atoms with Gasteiger partial charge in [-0.3, -0.25) is 9.78 Å². The zero-order valence-electron chi connectivity index (χ0n) is 20.2. The van der Waals surface area contributed by atoms with E-state index >= 15 is 0 Å². The molecule has 32 heavy (non-hydrogen) atoms. The molecule has 0 aliphatic carbocycles. The molecular weight excluding hydrogens is 400 g/mol. The van der Waals surface area contributed by atoms with Crippen LogP contribution in [0.2, 0.25) is 0 Å². The van der Waals surface area contributed by atoms with E-state index in [9.17, 15) is 9.59 Å². The summed E-state index contributed by atoms with van der Waals surface area (Å²) >= 11 is 0. The number of piperidine rings is 1. The van der Waals surface area contributed by atoms with E-state index in [1.54, 1.807) is 6.20 Å². The number of nitrogens with one attached hydrogen (secondary N) is 1. The maximum atomic E-state index is 13.6. The molecular formula is C26H36N4O2. The Morgan fingerprint density at radius 2 is 1.69 bits per heavy atom. The van der Waals surface area contributed by atoms with Crippen LogP contribution in [0.4, 0.5) is 4.79 Å². The van der Waals surface area contributed by atoms with Crippen molar-refractivity contribution in [2.75, 3.05) is 20.1 Å². The van der Waals surface area contributed by atoms with Gasteiger partial charge in [0.15, 0.2) is 0 Å². The van der Waals surface area contributed by atoms with Crippen molar-refractivity contribution in [3.8, 4) is 0 Å². The van der Waals surface area contributed by atoms with Gasteiger partial charge in [0.1, 0.15) is 0 Å². The van der Waals surface area contributed by atoms with Gasteiger partial charge in [-0.2, -0.15) is 0 Å². The van der Waals surface area contributed by atoms with Crippen molar-refractivity contribution in [3.63, 3.8) is 0 Å². The largest absolute Gasteiger partial charge is 0.333 e. The fourth-order valence-corrected chi connectivity index (χ4v) is 4.36. The summed E-state index contributed by atoms with van der Waals surface area (Å²) in [6, 6.07) is 11.8. The van der Waals surface area contributed by atoms with Gasteiger partial charge in [0, 0.05) is 37.8 Å². The van der Waals surface area contributed by atoms with E-state index in [-0.39, 0.29) is 29.4 Å². The molecule has 3 rings (SSSR count). The average Bonchev–Trinajstić information content (AvgIpc) is 2.75. The minimum absolute atomic E-state index is 0.0568. The zero-order chi connectivity index (χ0) is 23.5. The van der Waals surface area contributed by atoms with Crippen molar-refractivity contribution >= 4 is 11.9 Å². The fourth-order valence-electron chi connectivity index (χ4n) is 4.36. The average molecular weight is 437 g/mol. The summed E-state index contributed by atoms with van der Waals surface area (Å²) in [6.07, 6.45) is 3.13. The number of carbonyl (C=O) groups excluding carboxylic acids is 2.